The van der Waals surface area contributed by atoms with Crippen molar-refractivity contribution in [3.63, 3.8) is 0 Å². The Bertz CT molecular complexity index is 352. The first-order valence-corrected chi connectivity index (χ1v) is 3.98. The number of carbonyl (C=O) groups excluding carboxylic acids is 1. The lowest BCUT2D eigenvalue weighted by Gasteiger charge is -2.13. The monoisotopic (exact) mass is 221 g/mol. The molecular weight excluding hydrogens is 216 g/mol. The maximum absolute atomic E-state index is 12.4. The Morgan fingerprint density at radius 2 is 2.29 bits per heavy atom. The van der Waals surface area contributed by atoms with Gasteiger partial charge in [0.1, 0.15) is 5.15 Å². The molecule has 0 bridgehead atoms. The number of hydrogen-bond donors (Lipinski definition) is 0. The minimum absolute atomic E-state index is 0.0406. The normalized spacial score (nSPS) is 11.1. The molecule has 0 amide bonds. The number of alkyl halides is 2. The Morgan fingerprint density at radius 3 is 2.79 bits per heavy atom. The minimum Gasteiger partial charge on any atom is -0.430 e. The second-order valence-corrected chi connectivity index (χ2v) is 2.96. The van der Waals surface area contributed by atoms with Crippen molar-refractivity contribution in [2.24, 2.45) is 0 Å². The van der Waals surface area contributed by atoms with Crippen LogP contribution >= 0.6 is 11.6 Å². The average molecular weight is 222 g/mol. The van der Waals surface area contributed by atoms with Gasteiger partial charge in [-0.05, 0) is 6.07 Å². The van der Waals surface area contributed by atoms with Crippen molar-refractivity contribution in [1.82, 2.24) is 4.98 Å². The molecule has 0 saturated carbocycles. The molecule has 0 aliphatic rings. The number of pyridine rings is 1. The summed E-state index contributed by atoms with van der Waals surface area (Å²) < 4.78 is 29.0. The Morgan fingerprint density at radius 1 is 1.64 bits per heavy atom. The summed E-state index contributed by atoms with van der Waals surface area (Å²) in [5.74, 6) is -0.295. The Kier molecular flexibility index (Phi) is 3.00. The number of aromatic nitrogens is 1. The van der Waals surface area contributed by atoms with Gasteiger partial charge in [0.2, 0.25) is 0 Å². The number of aldehydes is 1. The van der Waals surface area contributed by atoms with Crippen molar-refractivity contribution >= 4 is 17.9 Å². The predicted molar refractivity (Wildman–Crippen MR) is 45.9 cm³/mol. The predicted octanol–water partition coefficient (Wildman–Crippen LogP) is 2.54. The molecule has 1 aromatic rings. The number of rotatable bonds is 3. The quantitative estimate of drug-likeness (QED) is 0.582. The molecule has 0 spiro atoms. The Hall–Kier alpha value is -1.23. The third-order valence-electron chi connectivity index (χ3n) is 1.28. The molecule has 0 fully saturated rings. The van der Waals surface area contributed by atoms with Crippen molar-refractivity contribution in [2.45, 2.75) is 13.0 Å². The second-order valence-electron chi connectivity index (χ2n) is 2.57. The summed E-state index contributed by atoms with van der Waals surface area (Å²) >= 11 is 5.45. The van der Waals surface area contributed by atoms with Gasteiger partial charge < -0.3 is 4.74 Å². The average Bonchev–Trinajstić information content (AvgIpc) is 2.06. The summed E-state index contributed by atoms with van der Waals surface area (Å²) in [6.45, 7) is 0.566. The van der Waals surface area contributed by atoms with Gasteiger partial charge in [0, 0.05) is 6.92 Å². The van der Waals surface area contributed by atoms with Crippen LogP contribution in [0.3, 0.4) is 0 Å². The molecule has 0 N–H and O–H groups in total. The lowest BCUT2D eigenvalue weighted by molar-refractivity contribution is -0.159. The van der Waals surface area contributed by atoms with Crippen molar-refractivity contribution in [1.29, 1.82) is 0 Å². The molecule has 0 aliphatic heterocycles. The van der Waals surface area contributed by atoms with Crippen LogP contribution in [-0.2, 0) is 0 Å². The van der Waals surface area contributed by atoms with E-state index in [-0.39, 0.29) is 16.5 Å². The molecule has 6 heteroatoms. The van der Waals surface area contributed by atoms with Crippen LogP contribution in [0.5, 0.6) is 5.75 Å². The second kappa shape index (κ2) is 3.88. The van der Waals surface area contributed by atoms with E-state index in [1.807, 2.05) is 0 Å². The molecule has 0 aromatic carbocycles. The molecule has 0 saturated heterocycles. The van der Waals surface area contributed by atoms with Crippen LogP contribution in [0.25, 0.3) is 0 Å². The fourth-order valence-electron chi connectivity index (χ4n) is 0.802. The highest BCUT2D eigenvalue weighted by Crippen LogP contribution is 2.24. The van der Waals surface area contributed by atoms with Crippen molar-refractivity contribution in [3.05, 3.63) is 23.0 Å². The van der Waals surface area contributed by atoms with Gasteiger partial charge in [0.15, 0.2) is 12.0 Å². The number of nitrogens with zero attached hydrogens (tertiary/aromatic N) is 1. The summed E-state index contributed by atoms with van der Waals surface area (Å²) in [7, 11) is 0. The first kappa shape index (κ1) is 10.8. The third kappa shape index (κ3) is 2.92. The SMILES string of the molecule is CC(F)(F)Oc1cnc(Cl)cc1C=O. The molecule has 14 heavy (non-hydrogen) atoms. The molecule has 1 heterocycles. The van der Waals surface area contributed by atoms with Gasteiger partial charge in [-0.2, -0.15) is 8.78 Å². The highest BCUT2D eigenvalue weighted by Gasteiger charge is 2.24. The van der Waals surface area contributed by atoms with Gasteiger partial charge in [-0.15, -0.1) is 0 Å². The molecule has 1 rings (SSSR count). The zero-order valence-corrected chi connectivity index (χ0v) is 7.89. The van der Waals surface area contributed by atoms with E-state index >= 15 is 0 Å². The zero-order chi connectivity index (χ0) is 10.8. The van der Waals surface area contributed by atoms with Crippen LogP contribution < -0.4 is 4.74 Å². The van der Waals surface area contributed by atoms with E-state index < -0.39 is 6.11 Å². The number of hydrogen-bond acceptors (Lipinski definition) is 3. The van der Waals surface area contributed by atoms with Crippen molar-refractivity contribution < 1.29 is 18.3 Å². The van der Waals surface area contributed by atoms with E-state index in [0.29, 0.717) is 13.2 Å². The highest BCUT2D eigenvalue weighted by atomic mass is 35.5. The maximum Gasteiger partial charge on any atom is 0.394 e. The van der Waals surface area contributed by atoms with Crippen LogP contribution in [0.4, 0.5) is 8.78 Å². The fourth-order valence-corrected chi connectivity index (χ4v) is 0.968. The smallest absolute Gasteiger partial charge is 0.394 e. The fraction of sp³-hybridized carbons (Fsp3) is 0.250. The summed E-state index contributed by atoms with van der Waals surface area (Å²) in [6, 6.07) is 1.15. The van der Waals surface area contributed by atoms with Crippen LogP contribution in [-0.4, -0.2) is 17.4 Å². The van der Waals surface area contributed by atoms with Gasteiger partial charge in [-0.25, -0.2) is 4.98 Å². The van der Waals surface area contributed by atoms with Crippen LogP contribution in [0.2, 0.25) is 5.15 Å². The molecule has 76 valence electrons. The standard InChI is InChI=1S/C8H6ClF2NO2/c1-8(10,11)14-6-3-12-7(9)2-5(6)4-13/h2-4H,1H3. The van der Waals surface area contributed by atoms with Crippen LogP contribution in [0.1, 0.15) is 17.3 Å². The van der Waals surface area contributed by atoms with Gasteiger partial charge in [-0.3, -0.25) is 4.79 Å². The van der Waals surface area contributed by atoms with E-state index in [4.69, 9.17) is 11.6 Å². The summed E-state index contributed by atoms with van der Waals surface area (Å²) in [6.07, 6.45) is -2.01. The van der Waals surface area contributed by atoms with E-state index in [9.17, 15) is 13.6 Å². The van der Waals surface area contributed by atoms with E-state index in [0.717, 1.165) is 12.3 Å². The Labute approximate surface area is 83.7 Å². The third-order valence-corrected chi connectivity index (χ3v) is 1.49. The molecular formula is C8H6ClF2NO2. The lowest BCUT2D eigenvalue weighted by atomic mass is 10.3. The largest absolute Gasteiger partial charge is 0.430 e. The molecule has 1 aromatic heterocycles. The van der Waals surface area contributed by atoms with Gasteiger partial charge in [-0.1, -0.05) is 11.6 Å². The summed E-state index contributed by atoms with van der Waals surface area (Å²) in [5.41, 5.74) is -0.0634. The number of halogens is 3. The topological polar surface area (TPSA) is 39.2 Å². The maximum atomic E-state index is 12.4. The van der Waals surface area contributed by atoms with E-state index in [1.54, 1.807) is 0 Å². The first-order valence-electron chi connectivity index (χ1n) is 3.60. The Balaban J connectivity index is 3.03. The van der Waals surface area contributed by atoms with E-state index in [1.165, 1.54) is 0 Å². The molecule has 0 atom stereocenters. The van der Waals surface area contributed by atoms with Crippen molar-refractivity contribution in [2.75, 3.05) is 0 Å². The van der Waals surface area contributed by atoms with Gasteiger partial charge in [0.05, 0.1) is 11.8 Å². The first-order chi connectivity index (χ1) is 6.42. The van der Waals surface area contributed by atoms with Crippen LogP contribution in [0, 0.1) is 0 Å². The highest BCUT2D eigenvalue weighted by molar-refractivity contribution is 6.29. The van der Waals surface area contributed by atoms with Crippen molar-refractivity contribution in [3.8, 4) is 5.75 Å². The number of ether oxygens (including phenoxy) is 1. The van der Waals surface area contributed by atoms with Crippen LogP contribution in [0.15, 0.2) is 12.3 Å². The molecule has 3 nitrogen and oxygen atoms in total. The lowest BCUT2D eigenvalue weighted by Crippen LogP contribution is -2.20. The van der Waals surface area contributed by atoms with Gasteiger partial charge >= 0.3 is 6.11 Å². The zero-order valence-electron chi connectivity index (χ0n) is 7.13. The number of carbonyl (C=O) groups is 1. The minimum atomic E-state index is -3.35. The molecule has 0 aliphatic carbocycles. The molecule has 0 radical (unpaired) electrons. The van der Waals surface area contributed by atoms with E-state index in [2.05, 4.69) is 9.72 Å². The van der Waals surface area contributed by atoms with Gasteiger partial charge in [0.25, 0.3) is 0 Å². The summed E-state index contributed by atoms with van der Waals surface area (Å²) in [5, 5.41) is 0.0406. The molecule has 0 unspecified atom stereocenters. The summed E-state index contributed by atoms with van der Waals surface area (Å²) in [4.78, 5) is 14.0.